The van der Waals surface area contributed by atoms with Gasteiger partial charge in [0.1, 0.15) is 5.69 Å². The number of para-hydroxylation sites is 2. The van der Waals surface area contributed by atoms with Gasteiger partial charge in [0.05, 0.1) is 17.2 Å². The highest BCUT2D eigenvalue weighted by Crippen LogP contribution is 2.23. The van der Waals surface area contributed by atoms with Gasteiger partial charge in [0, 0.05) is 10.7 Å². The number of halogens is 1. The molecule has 3 aromatic rings. The fourth-order valence-corrected chi connectivity index (χ4v) is 2.17. The van der Waals surface area contributed by atoms with Crippen molar-refractivity contribution < 1.29 is 4.79 Å². The summed E-state index contributed by atoms with van der Waals surface area (Å²) in [7, 11) is 0. The second kappa shape index (κ2) is 5.50. The topological polar surface area (TPSA) is 54.9 Å². The second-order valence-electron chi connectivity index (χ2n) is 4.61. The minimum Gasteiger partial charge on any atom is -0.320 e. The van der Waals surface area contributed by atoms with Crippen molar-refractivity contribution in [2.45, 2.75) is 6.92 Å². The first-order valence-electron chi connectivity index (χ1n) is 6.43. The zero-order valence-electron chi connectivity index (χ0n) is 11.3. The number of benzene rings is 2. The molecule has 0 saturated carbocycles. The Labute approximate surface area is 126 Å². The van der Waals surface area contributed by atoms with Crippen LogP contribution in [0.25, 0.3) is 11.0 Å². The molecule has 1 aromatic heterocycles. The van der Waals surface area contributed by atoms with Crippen LogP contribution < -0.4 is 5.32 Å². The Morgan fingerprint density at radius 3 is 2.67 bits per heavy atom. The largest absolute Gasteiger partial charge is 0.320 e. The highest BCUT2D eigenvalue weighted by molar-refractivity contribution is 6.31. The molecule has 1 heterocycles. The average Bonchev–Trinajstić information content (AvgIpc) is 2.51. The highest BCUT2D eigenvalue weighted by Gasteiger charge is 2.11. The summed E-state index contributed by atoms with van der Waals surface area (Å²) in [5, 5.41) is 3.41. The van der Waals surface area contributed by atoms with Gasteiger partial charge >= 0.3 is 0 Å². The summed E-state index contributed by atoms with van der Waals surface area (Å²) in [6.45, 7) is 1.85. The van der Waals surface area contributed by atoms with Gasteiger partial charge < -0.3 is 5.32 Å². The third-order valence-electron chi connectivity index (χ3n) is 3.20. The molecule has 0 fully saturated rings. The van der Waals surface area contributed by atoms with Crippen molar-refractivity contribution in [3.63, 3.8) is 0 Å². The number of fused-ring (bicyclic) bond motifs is 1. The predicted molar refractivity (Wildman–Crippen MR) is 83.7 cm³/mol. The van der Waals surface area contributed by atoms with Gasteiger partial charge in [-0.15, -0.1) is 0 Å². The minimum atomic E-state index is -0.307. The van der Waals surface area contributed by atoms with Crippen LogP contribution in [0.4, 0.5) is 5.69 Å². The van der Waals surface area contributed by atoms with Crippen LogP contribution in [0.1, 0.15) is 16.1 Å². The Morgan fingerprint density at radius 2 is 1.86 bits per heavy atom. The molecule has 0 bridgehead atoms. The Bertz CT molecular complexity index is 833. The predicted octanol–water partition coefficient (Wildman–Crippen LogP) is 3.84. The summed E-state index contributed by atoms with van der Waals surface area (Å²) >= 11 is 6.04. The van der Waals surface area contributed by atoms with Crippen molar-refractivity contribution in [3.8, 4) is 0 Å². The van der Waals surface area contributed by atoms with Gasteiger partial charge in [0.2, 0.25) is 0 Å². The van der Waals surface area contributed by atoms with Gasteiger partial charge in [-0.3, -0.25) is 9.78 Å². The Balaban J connectivity index is 1.91. The van der Waals surface area contributed by atoms with E-state index >= 15 is 0 Å². The van der Waals surface area contributed by atoms with Crippen molar-refractivity contribution in [2.24, 2.45) is 0 Å². The third kappa shape index (κ3) is 2.71. The van der Waals surface area contributed by atoms with Gasteiger partial charge in [0.25, 0.3) is 5.91 Å². The molecule has 21 heavy (non-hydrogen) atoms. The van der Waals surface area contributed by atoms with E-state index in [0.717, 1.165) is 11.1 Å². The smallest absolute Gasteiger partial charge is 0.275 e. The first-order valence-corrected chi connectivity index (χ1v) is 6.81. The van der Waals surface area contributed by atoms with Crippen LogP contribution >= 0.6 is 11.6 Å². The van der Waals surface area contributed by atoms with Crippen molar-refractivity contribution in [1.29, 1.82) is 0 Å². The van der Waals surface area contributed by atoms with Gasteiger partial charge in [-0.2, -0.15) is 0 Å². The number of anilines is 1. The van der Waals surface area contributed by atoms with Crippen LogP contribution in [0.15, 0.2) is 48.7 Å². The molecule has 104 valence electrons. The zero-order chi connectivity index (χ0) is 14.8. The number of carbonyl (C=O) groups is 1. The van der Waals surface area contributed by atoms with E-state index < -0.39 is 0 Å². The molecular formula is C16H12ClN3O. The molecular weight excluding hydrogens is 286 g/mol. The molecule has 0 aliphatic rings. The first kappa shape index (κ1) is 13.5. The van der Waals surface area contributed by atoms with E-state index in [4.69, 9.17) is 11.6 Å². The SMILES string of the molecule is Cc1c(Cl)cccc1NC(=O)c1cnc2ccccc2n1. The molecule has 2 aromatic carbocycles. The molecule has 5 heteroatoms. The second-order valence-corrected chi connectivity index (χ2v) is 5.02. The van der Waals surface area contributed by atoms with E-state index in [9.17, 15) is 4.79 Å². The molecule has 0 atom stereocenters. The van der Waals surface area contributed by atoms with Gasteiger partial charge in [0.15, 0.2) is 0 Å². The number of hydrogen-bond acceptors (Lipinski definition) is 3. The number of hydrogen-bond donors (Lipinski definition) is 1. The quantitative estimate of drug-likeness (QED) is 0.782. The molecule has 0 aliphatic heterocycles. The lowest BCUT2D eigenvalue weighted by Crippen LogP contribution is -2.15. The van der Waals surface area contributed by atoms with Crippen LogP contribution in [0.3, 0.4) is 0 Å². The molecule has 0 radical (unpaired) electrons. The summed E-state index contributed by atoms with van der Waals surface area (Å²) in [5.41, 5.74) is 3.21. The van der Waals surface area contributed by atoms with Crippen LogP contribution in [-0.4, -0.2) is 15.9 Å². The fraction of sp³-hybridized carbons (Fsp3) is 0.0625. The standard InChI is InChI=1S/C16H12ClN3O/c1-10-11(17)5-4-8-12(10)20-16(21)15-9-18-13-6-2-3-7-14(13)19-15/h2-9H,1H3,(H,20,21). The highest BCUT2D eigenvalue weighted by atomic mass is 35.5. The van der Waals surface area contributed by atoms with E-state index in [-0.39, 0.29) is 11.6 Å². The maximum Gasteiger partial charge on any atom is 0.275 e. The maximum absolute atomic E-state index is 12.3. The number of aromatic nitrogens is 2. The van der Waals surface area contributed by atoms with Crippen LogP contribution in [0.5, 0.6) is 0 Å². The van der Waals surface area contributed by atoms with E-state index in [0.29, 0.717) is 16.2 Å². The van der Waals surface area contributed by atoms with Crippen LogP contribution in [0, 0.1) is 6.92 Å². The molecule has 0 aliphatic carbocycles. The molecule has 1 N–H and O–H groups in total. The summed E-state index contributed by atoms with van der Waals surface area (Å²) in [6, 6.07) is 12.8. The molecule has 1 amide bonds. The van der Waals surface area contributed by atoms with E-state index in [2.05, 4.69) is 15.3 Å². The van der Waals surface area contributed by atoms with Crippen LogP contribution in [-0.2, 0) is 0 Å². The van der Waals surface area contributed by atoms with Gasteiger partial charge in [-0.25, -0.2) is 4.98 Å². The van der Waals surface area contributed by atoms with Crippen LogP contribution in [0.2, 0.25) is 5.02 Å². The molecule has 3 rings (SSSR count). The van der Waals surface area contributed by atoms with Crippen molar-refractivity contribution >= 4 is 34.2 Å². The Morgan fingerprint density at radius 1 is 1.10 bits per heavy atom. The van der Waals surface area contributed by atoms with E-state index in [1.807, 2.05) is 31.2 Å². The zero-order valence-corrected chi connectivity index (χ0v) is 12.1. The lowest BCUT2D eigenvalue weighted by molar-refractivity contribution is 0.102. The number of carbonyl (C=O) groups excluding carboxylic acids is 1. The summed E-state index contributed by atoms with van der Waals surface area (Å²) in [5.74, 6) is -0.307. The fourth-order valence-electron chi connectivity index (χ4n) is 2.00. The summed E-state index contributed by atoms with van der Waals surface area (Å²) in [4.78, 5) is 20.8. The average molecular weight is 298 g/mol. The van der Waals surface area contributed by atoms with Gasteiger partial charge in [-0.1, -0.05) is 29.8 Å². The Kier molecular flexibility index (Phi) is 3.54. The first-order chi connectivity index (χ1) is 10.1. The summed E-state index contributed by atoms with van der Waals surface area (Å²) in [6.07, 6.45) is 1.47. The lowest BCUT2D eigenvalue weighted by atomic mass is 10.2. The summed E-state index contributed by atoms with van der Waals surface area (Å²) < 4.78 is 0. The normalized spacial score (nSPS) is 10.6. The third-order valence-corrected chi connectivity index (χ3v) is 3.61. The number of nitrogens with one attached hydrogen (secondary N) is 1. The van der Waals surface area contributed by atoms with Crippen molar-refractivity contribution in [1.82, 2.24) is 9.97 Å². The molecule has 0 saturated heterocycles. The van der Waals surface area contributed by atoms with Gasteiger partial charge in [-0.05, 0) is 36.8 Å². The van der Waals surface area contributed by atoms with E-state index in [1.165, 1.54) is 6.20 Å². The monoisotopic (exact) mass is 297 g/mol. The van der Waals surface area contributed by atoms with Crippen molar-refractivity contribution in [2.75, 3.05) is 5.32 Å². The number of nitrogens with zero attached hydrogens (tertiary/aromatic N) is 2. The van der Waals surface area contributed by atoms with Crippen molar-refractivity contribution in [3.05, 3.63) is 64.9 Å². The van der Waals surface area contributed by atoms with E-state index in [1.54, 1.807) is 18.2 Å². The number of amides is 1. The maximum atomic E-state index is 12.3. The Hall–Kier alpha value is -2.46. The lowest BCUT2D eigenvalue weighted by Gasteiger charge is -2.09. The minimum absolute atomic E-state index is 0.271. The molecule has 0 unspecified atom stereocenters. The molecule has 0 spiro atoms. The molecule has 4 nitrogen and oxygen atoms in total. The number of rotatable bonds is 2.